The minimum Gasteiger partial charge on any atom is -0.389 e. The Labute approximate surface area is 146 Å². The molecule has 0 aliphatic carbocycles. The summed E-state index contributed by atoms with van der Waals surface area (Å²) >= 11 is 19.0. The normalized spacial score (nSPS) is 10.3. The van der Waals surface area contributed by atoms with Gasteiger partial charge in [0.1, 0.15) is 4.99 Å². The summed E-state index contributed by atoms with van der Waals surface area (Å²) in [5, 5.41) is 3.13. The van der Waals surface area contributed by atoms with Crippen molar-refractivity contribution in [1.82, 2.24) is 0 Å². The molecular weight excluding hydrogens is 448 g/mol. The molecule has 1 heterocycles. The highest BCUT2D eigenvalue weighted by Gasteiger charge is 2.14. The van der Waals surface area contributed by atoms with Gasteiger partial charge >= 0.3 is 0 Å². The Hall–Kier alpha value is -0.470. The topological polar surface area (TPSA) is 55.1 Å². The molecule has 0 bridgehead atoms. The third-order valence-electron chi connectivity index (χ3n) is 2.37. The van der Waals surface area contributed by atoms with Crippen molar-refractivity contribution in [3.05, 3.63) is 48.0 Å². The van der Waals surface area contributed by atoms with E-state index in [0.29, 0.717) is 21.2 Å². The largest absolute Gasteiger partial charge is 0.389 e. The lowest BCUT2D eigenvalue weighted by Gasteiger charge is -2.07. The number of thiophene rings is 1. The first-order chi connectivity index (χ1) is 9.38. The fourth-order valence-corrected chi connectivity index (χ4v) is 3.70. The fraction of sp³-hybridized carbons (Fsp3) is 0. The zero-order valence-electron chi connectivity index (χ0n) is 9.75. The summed E-state index contributed by atoms with van der Waals surface area (Å²) in [4.78, 5) is 12.9. The van der Waals surface area contributed by atoms with Crippen molar-refractivity contribution in [3.8, 4) is 0 Å². The number of rotatable bonds is 3. The number of nitrogens with two attached hydrogens (primary N) is 1. The summed E-state index contributed by atoms with van der Waals surface area (Å²) in [5.74, 6) is -0.230. The van der Waals surface area contributed by atoms with Gasteiger partial charge < -0.3 is 11.1 Å². The van der Waals surface area contributed by atoms with E-state index in [1.165, 1.54) is 11.3 Å². The van der Waals surface area contributed by atoms with Crippen LogP contribution in [0.15, 0.2) is 32.5 Å². The second-order valence-corrected chi connectivity index (χ2v) is 7.82. The molecule has 2 aromatic rings. The third kappa shape index (κ3) is 3.59. The molecule has 1 amide bonds. The monoisotopic (exact) mass is 452 g/mol. The molecule has 0 saturated heterocycles. The van der Waals surface area contributed by atoms with E-state index in [2.05, 4.69) is 37.2 Å². The maximum absolute atomic E-state index is 12.1. The number of thiocarbonyl (C=S) groups is 1. The number of anilines is 1. The van der Waals surface area contributed by atoms with Crippen molar-refractivity contribution in [1.29, 1.82) is 0 Å². The Balaban J connectivity index is 2.21. The van der Waals surface area contributed by atoms with Gasteiger partial charge in [-0.1, -0.05) is 23.8 Å². The van der Waals surface area contributed by atoms with E-state index in [9.17, 15) is 4.79 Å². The fourth-order valence-electron chi connectivity index (χ4n) is 1.41. The van der Waals surface area contributed by atoms with Gasteiger partial charge in [-0.15, -0.1) is 11.3 Å². The summed E-state index contributed by atoms with van der Waals surface area (Å²) in [7, 11) is 0. The lowest BCUT2D eigenvalue weighted by molar-refractivity contribution is 0.103. The van der Waals surface area contributed by atoms with Gasteiger partial charge in [0.15, 0.2) is 0 Å². The average molecular weight is 455 g/mol. The lowest BCUT2D eigenvalue weighted by Crippen LogP contribution is -2.12. The Morgan fingerprint density at radius 3 is 2.55 bits per heavy atom. The highest BCUT2D eigenvalue weighted by atomic mass is 79.9. The Kier molecular flexibility index (Phi) is 5.19. The molecule has 20 heavy (non-hydrogen) atoms. The van der Waals surface area contributed by atoms with Gasteiger partial charge in [0, 0.05) is 10.0 Å². The van der Waals surface area contributed by atoms with Crippen molar-refractivity contribution >= 4 is 83.6 Å². The molecule has 0 aliphatic heterocycles. The highest BCUT2D eigenvalue weighted by molar-refractivity contribution is 9.13. The molecule has 1 aromatic carbocycles. The zero-order chi connectivity index (χ0) is 14.9. The van der Waals surface area contributed by atoms with Crippen LogP contribution in [0.3, 0.4) is 0 Å². The molecule has 104 valence electrons. The van der Waals surface area contributed by atoms with Gasteiger partial charge in [-0.3, -0.25) is 4.79 Å². The Morgan fingerprint density at radius 1 is 1.35 bits per heavy atom. The van der Waals surface area contributed by atoms with Gasteiger partial charge in [0.05, 0.1) is 19.4 Å². The molecule has 8 heteroatoms. The first kappa shape index (κ1) is 15.9. The van der Waals surface area contributed by atoms with Gasteiger partial charge in [0.25, 0.3) is 5.91 Å². The smallest absolute Gasteiger partial charge is 0.265 e. The van der Waals surface area contributed by atoms with E-state index in [1.807, 2.05) is 0 Å². The quantitative estimate of drug-likeness (QED) is 0.655. The number of amides is 1. The van der Waals surface area contributed by atoms with Crippen LogP contribution < -0.4 is 11.1 Å². The summed E-state index contributed by atoms with van der Waals surface area (Å²) < 4.78 is 1.69. The summed E-state index contributed by atoms with van der Waals surface area (Å²) in [6, 6.07) is 6.75. The molecule has 0 atom stereocenters. The summed E-state index contributed by atoms with van der Waals surface area (Å²) in [6.45, 7) is 0. The summed E-state index contributed by atoms with van der Waals surface area (Å²) in [6.07, 6.45) is 0. The first-order valence-corrected chi connectivity index (χ1v) is 8.43. The van der Waals surface area contributed by atoms with Crippen LogP contribution in [0.5, 0.6) is 0 Å². The molecule has 2 rings (SSSR count). The molecule has 0 unspecified atom stereocenters. The van der Waals surface area contributed by atoms with Gasteiger partial charge in [-0.05, 0) is 56.1 Å². The molecule has 0 aliphatic rings. The molecule has 3 nitrogen and oxygen atoms in total. The Morgan fingerprint density at radius 2 is 2.05 bits per heavy atom. The number of carbonyl (C=O) groups is 1. The van der Waals surface area contributed by atoms with Crippen LogP contribution in [0.2, 0.25) is 5.02 Å². The third-order valence-corrected chi connectivity index (χ3v) is 6.17. The number of halogens is 3. The van der Waals surface area contributed by atoms with Gasteiger partial charge in [-0.25, -0.2) is 0 Å². The number of hydrogen-bond acceptors (Lipinski definition) is 3. The lowest BCUT2D eigenvalue weighted by atomic mass is 10.2. The van der Waals surface area contributed by atoms with Crippen LogP contribution in [0.25, 0.3) is 0 Å². The second kappa shape index (κ2) is 6.53. The molecular formula is C12H7Br2ClN2OS2. The van der Waals surface area contributed by atoms with Crippen LogP contribution in [-0.4, -0.2) is 10.9 Å². The maximum atomic E-state index is 12.1. The van der Waals surface area contributed by atoms with E-state index in [0.717, 1.165) is 8.26 Å². The van der Waals surface area contributed by atoms with E-state index in [-0.39, 0.29) is 10.9 Å². The average Bonchev–Trinajstić information content (AvgIpc) is 2.72. The molecule has 3 N–H and O–H groups in total. The number of benzene rings is 1. The van der Waals surface area contributed by atoms with Crippen LogP contribution in [0.4, 0.5) is 5.69 Å². The second-order valence-electron chi connectivity index (χ2n) is 3.75. The molecule has 0 saturated carbocycles. The van der Waals surface area contributed by atoms with Gasteiger partial charge in [-0.2, -0.15) is 0 Å². The molecule has 0 spiro atoms. The minimum atomic E-state index is -0.230. The molecule has 0 fully saturated rings. The van der Waals surface area contributed by atoms with E-state index in [4.69, 9.17) is 29.6 Å². The zero-order valence-corrected chi connectivity index (χ0v) is 15.3. The summed E-state index contributed by atoms with van der Waals surface area (Å²) in [5.41, 5.74) is 6.69. The minimum absolute atomic E-state index is 0.230. The SMILES string of the molecule is NC(=S)c1ccc(NC(=O)c2cc(Br)c(Br)s2)c(Cl)c1. The van der Waals surface area contributed by atoms with Crippen molar-refractivity contribution in [3.63, 3.8) is 0 Å². The standard InChI is InChI=1S/C12H7Br2ClN2OS2/c13-6-4-9(20-10(6)14)12(18)17-8-2-1-5(11(16)19)3-7(8)15/h1-4H,(H2,16,19)(H,17,18). The highest BCUT2D eigenvalue weighted by Crippen LogP contribution is 2.33. The molecule has 0 radical (unpaired) electrons. The van der Waals surface area contributed by atoms with Crippen molar-refractivity contribution < 1.29 is 4.79 Å². The first-order valence-electron chi connectivity index (χ1n) is 5.24. The van der Waals surface area contributed by atoms with Crippen molar-refractivity contribution in [2.75, 3.05) is 5.32 Å². The van der Waals surface area contributed by atoms with E-state index < -0.39 is 0 Å². The van der Waals surface area contributed by atoms with Crippen LogP contribution in [0.1, 0.15) is 15.2 Å². The van der Waals surface area contributed by atoms with Crippen LogP contribution in [0, 0.1) is 0 Å². The van der Waals surface area contributed by atoms with Crippen LogP contribution >= 0.6 is 67.0 Å². The number of nitrogens with one attached hydrogen (secondary N) is 1. The maximum Gasteiger partial charge on any atom is 0.265 e. The Bertz CT molecular complexity index is 683. The van der Waals surface area contributed by atoms with Crippen molar-refractivity contribution in [2.45, 2.75) is 0 Å². The van der Waals surface area contributed by atoms with E-state index in [1.54, 1.807) is 24.3 Å². The number of hydrogen-bond donors (Lipinski definition) is 2. The van der Waals surface area contributed by atoms with Crippen LogP contribution in [-0.2, 0) is 0 Å². The van der Waals surface area contributed by atoms with E-state index >= 15 is 0 Å². The predicted octanol–water partition coefficient (Wildman–Crippen LogP) is 4.81. The van der Waals surface area contributed by atoms with Gasteiger partial charge in [0.2, 0.25) is 0 Å². The van der Waals surface area contributed by atoms with Crippen molar-refractivity contribution in [2.24, 2.45) is 5.73 Å². The molecule has 1 aromatic heterocycles. The predicted molar refractivity (Wildman–Crippen MR) is 95.0 cm³/mol. The number of carbonyl (C=O) groups excluding carboxylic acids is 1.